The van der Waals surface area contributed by atoms with E-state index in [0.717, 1.165) is 37.2 Å². The summed E-state index contributed by atoms with van der Waals surface area (Å²) in [6.45, 7) is 3.96. The lowest BCUT2D eigenvalue weighted by Gasteiger charge is -2.30. The topological polar surface area (TPSA) is 63.1 Å². The van der Waals surface area contributed by atoms with E-state index in [9.17, 15) is 9.18 Å². The van der Waals surface area contributed by atoms with Gasteiger partial charge in [-0.2, -0.15) is 5.10 Å². The van der Waals surface area contributed by atoms with Gasteiger partial charge >= 0.3 is 0 Å². The minimum Gasteiger partial charge on any atom is -0.306 e. The SMILES string of the molecule is Cc1cc(NC(=O)c2csc(-c3ccc(F)cc3)n2)n(C2CCN(C)CC2)n1. The molecule has 0 atom stereocenters. The number of rotatable bonds is 4. The average molecular weight is 399 g/mol. The molecule has 1 fully saturated rings. The Labute approximate surface area is 167 Å². The lowest BCUT2D eigenvalue weighted by atomic mass is 10.1. The highest BCUT2D eigenvalue weighted by Gasteiger charge is 2.23. The van der Waals surface area contributed by atoms with Crippen molar-refractivity contribution in [2.45, 2.75) is 25.8 Å². The number of halogens is 1. The molecule has 1 N–H and O–H groups in total. The van der Waals surface area contributed by atoms with Gasteiger partial charge in [0.25, 0.3) is 5.91 Å². The Kier molecular flexibility index (Phi) is 5.23. The van der Waals surface area contributed by atoms with Crippen LogP contribution in [0.3, 0.4) is 0 Å². The third-order valence-electron chi connectivity index (χ3n) is 4.96. The third kappa shape index (κ3) is 3.98. The molecule has 4 rings (SSSR count). The first-order valence-electron chi connectivity index (χ1n) is 9.27. The molecular formula is C20H22FN5OS. The van der Waals surface area contributed by atoms with Crippen molar-refractivity contribution < 1.29 is 9.18 Å². The second-order valence-corrected chi connectivity index (χ2v) is 8.01. The van der Waals surface area contributed by atoms with E-state index in [2.05, 4.69) is 27.3 Å². The van der Waals surface area contributed by atoms with Gasteiger partial charge in [-0.3, -0.25) is 4.79 Å². The molecule has 0 aliphatic carbocycles. The highest BCUT2D eigenvalue weighted by Crippen LogP contribution is 2.27. The smallest absolute Gasteiger partial charge is 0.276 e. The number of aromatic nitrogens is 3. The number of likely N-dealkylation sites (tertiary alicyclic amines) is 1. The molecular weight excluding hydrogens is 377 g/mol. The van der Waals surface area contributed by atoms with Gasteiger partial charge in [-0.1, -0.05) is 0 Å². The summed E-state index contributed by atoms with van der Waals surface area (Å²) in [6, 6.07) is 8.27. The van der Waals surface area contributed by atoms with Crippen LogP contribution in [-0.2, 0) is 0 Å². The van der Waals surface area contributed by atoms with Crippen LogP contribution in [-0.4, -0.2) is 45.7 Å². The van der Waals surface area contributed by atoms with Crippen LogP contribution in [0.25, 0.3) is 10.6 Å². The van der Waals surface area contributed by atoms with E-state index in [0.29, 0.717) is 16.5 Å². The highest BCUT2D eigenvalue weighted by molar-refractivity contribution is 7.13. The molecule has 0 spiro atoms. The van der Waals surface area contributed by atoms with Crippen LogP contribution in [0.2, 0.25) is 0 Å². The number of nitrogens with zero attached hydrogens (tertiary/aromatic N) is 4. The predicted molar refractivity (Wildman–Crippen MR) is 108 cm³/mol. The van der Waals surface area contributed by atoms with E-state index in [-0.39, 0.29) is 17.8 Å². The number of thiazole rings is 1. The minimum absolute atomic E-state index is 0.265. The van der Waals surface area contributed by atoms with Gasteiger partial charge in [-0.15, -0.1) is 11.3 Å². The normalized spacial score (nSPS) is 15.7. The molecule has 1 aliphatic rings. The van der Waals surface area contributed by atoms with Crippen molar-refractivity contribution in [3.63, 3.8) is 0 Å². The molecule has 3 heterocycles. The maximum absolute atomic E-state index is 13.1. The molecule has 1 amide bonds. The molecule has 2 aromatic heterocycles. The molecule has 1 aromatic carbocycles. The van der Waals surface area contributed by atoms with Crippen molar-refractivity contribution >= 4 is 23.1 Å². The lowest BCUT2D eigenvalue weighted by Crippen LogP contribution is -2.32. The first-order valence-corrected chi connectivity index (χ1v) is 10.1. The molecule has 0 unspecified atom stereocenters. The van der Waals surface area contributed by atoms with Gasteiger partial charge in [-0.05, 0) is 64.2 Å². The fourth-order valence-corrected chi connectivity index (χ4v) is 4.22. The fraction of sp³-hybridized carbons (Fsp3) is 0.350. The van der Waals surface area contributed by atoms with Crippen LogP contribution >= 0.6 is 11.3 Å². The van der Waals surface area contributed by atoms with E-state index >= 15 is 0 Å². The standard InChI is InChI=1S/C20H22FN5OS/c1-13-11-18(26(24-13)16-7-9-25(2)10-8-16)23-19(27)17-12-28-20(22-17)14-3-5-15(21)6-4-14/h3-6,11-12,16H,7-10H2,1-2H3,(H,23,27). The Morgan fingerprint density at radius 3 is 2.68 bits per heavy atom. The summed E-state index contributed by atoms with van der Waals surface area (Å²) in [5.41, 5.74) is 2.01. The number of hydrogen-bond donors (Lipinski definition) is 1. The largest absolute Gasteiger partial charge is 0.306 e. The minimum atomic E-state index is -0.296. The van der Waals surface area contributed by atoms with Gasteiger partial charge < -0.3 is 10.2 Å². The number of amides is 1. The van der Waals surface area contributed by atoms with Crippen molar-refractivity contribution in [3.8, 4) is 10.6 Å². The Morgan fingerprint density at radius 2 is 1.96 bits per heavy atom. The number of carbonyl (C=O) groups is 1. The Morgan fingerprint density at radius 1 is 1.25 bits per heavy atom. The summed E-state index contributed by atoms with van der Waals surface area (Å²) >= 11 is 1.36. The first kappa shape index (κ1) is 18.8. The van der Waals surface area contributed by atoms with Crippen molar-refractivity contribution in [1.29, 1.82) is 0 Å². The second-order valence-electron chi connectivity index (χ2n) is 7.15. The number of hydrogen-bond acceptors (Lipinski definition) is 5. The lowest BCUT2D eigenvalue weighted by molar-refractivity contribution is 0.102. The molecule has 0 saturated carbocycles. The number of carbonyl (C=O) groups excluding carboxylic acids is 1. The Hall–Kier alpha value is -2.58. The zero-order valence-electron chi connectivity index (χ0n) is 15.9. The summed E-state index contributed by atoms with van der Waals surface area (Å²) in [6.07, 6.45) is 2.01. The van der Waals surface area contributed by atoms with Crippen molar-refractivity contribution in [1.82, 2.24) is 19.7 Å². The molecule has 0 bridgehead atoms. The number of benzene rings is 1. The highest BCUT2D eigenvalue weighted by atomic mass is 32.1. The Bertz CT molecular complexity index is 973. The van der Waals surface area contributed by atoms with Gasteiger partial charge in [0.1, 0.15) is 22.3 Å². The molecule has 0 radical (unpaired) electrons. The predicted octanol–water partition coefficient (Wildman–Crippen LogP) is 3.97. The van der Waals surface area contributed by atoms with Gasteiger partial charge in [0, 0.05) is 17.0 Å². The van der Waals surface area contributed by atoms with Crippen molar-refractivity contribution in [3.05, 3.63) is 52.9 Å². The summed E-state index contributed by atoms with van der Waals surface area (Å²) in [5, 5.41) is 9.96. The molecule has 6 nitrogen and oxygen atoms in total. The third-order valence-corrected chi connectivity index (χ3v) is 5.85. The summed E-state index contributed by atoms with van der Waals surface area (Å²) in [4.78, 5) is 19.4. The van der Waals surface area contributed by atoms with Crippen LogP contribution in [0.4, 0.5) is 10.2 Å². The van der Waals surface area contributed by atoms with E-state index in [1.807, 2.05) is 17.7 Å². The van der Waals surface area contributed by atoms with Crippen LogP contribution in [0.1, 0.15) is 35.1 Å². The average Bonchev–Trinajstić information content (AvgIpc) is 3.30. The summed E-state index contributed by atoms with van der Waals surface area (Å²) in [5.74, 6) is 0.142. The number of anilines is 1. The fourth-order valence-electron chi connectivity index (χ4n) is 3.41. The summed E-state index contributed by atoms with van der Waals surface area (Å²) in [7, 11) is 2.12. The maximum atomic E-state index is 13.1. The zero-order chi connectivity index (χ0) is 19.7. The van der Waals surface area contributed by atoms with E-state index in [1.54, 1.807) is 17.5 Å². The number of aryl methyl sites for hydroxylation is 1. The molecule has 1 aliphatic heterocycles. The Balaban J connectivity index is 1.51. The van der Waals surface area contributed by atoms with Crippen LogP contribution < -0.4 is 5.32 Å². The molecule has 28 heavy (non-hydrogen) atoms. The van der Waals surface area contributed by atoms with E-state index in [1.165, 1.54) is 23.5 Å². The number of nitrogens with one attached hydrogen (secondary N) is 1. The zero-order valence-corrected chi connectivity index (χ0v) is 16.7. The van der Waals surface area contributed by atoms with E-state index < -0.39 is 0 Å². The van der Waals surface area contributed by atoms with Gasteiger partial charge in [0.05, 0.1) is 11.7 Å². The molecule has 146 valence electrons. The van der Waals surface area contributed by atoms with Crippen LogP contribution in [0.5, 0.6) is 0 Å². The molecule has 8 heteroatoms. The van der Waals surface area contributed by atoms with Gasteiger partial charge in [0.2, 0.25) is 0 Å². The first-order chi connectivity index (χ1) is 13.5. The van der Waals surface area contributed by atoms with Crippen LogP contribution in [0, 0.1) is 12.7 Å². The summed E-state index contributed by atoms with van der Waals surface area (Å²) < 4.78 is 15.0. The monoisotopic (exact) mass is 399 g/mol. The van der Waals surface area contributed by atoms with Gasteiger partial charge in [0.15, 0.2) is 0 Å². The molecule has 1 saturated heterocycles. The van der Waals surface area contributed by atoms with Crippen molar-refractivity contribution in [2.75, 3.05) is 25.5 Å². The van der Waals surface area contributed by atoms with Crippen molar-refractivity contribution in [2.24, 2.45) is 0 Å². The van der Waals surface area contributed by atoms with Gasteiger partial charge in [-0.25, -0.2) is 14.1 Å². The van der Waals surface area contributed by atoms with E-state index in [4.69, 9.17) is 0 Å². The molecule has 3 aromatic rings. The van der Waals surface area contributed by atoms with Crippen LogP contribution in [0.15, 0.2) is 35.7 Å². The number of piperidine rings is 1. The second kappa shape index (κ2) is 7.81. The quantitative estimate of drug-likeness (QED) is 0.721. The maximum Gasteiger partial charge on any atom is 0.276 e.